The van der Waals surface area contributed by atoms with E-state index in [2.05, 4.69) is 5.32 Å². The number of anilines is 1. The van der Waals surface area contributed by atoms with E-state index in [1.54, 1.807) is 22.5 Å². The molecule has 6 nitrogen and oxygen atoms in total. The molecule has 1 atom stereocenters. The molecule has 1 unspecified atom stereocenters. The number of hydroxylamine groups is 1. The number of hydrogen-bond acceptors (Lipinski definition) is 4. The summed E-state index contributed by atoms with van der Waals surface area (Å²) >= 11 is 0. The van der Waals surface area contributed by atoms with Gasteiger partial charge in [-0.1, -0.05) is 0 Å². The highest BCUT2D eigenvalue weighted by Gasteiger charge is 2.28. The van der Waals surface area contributed by atoms with Crippen molar-refractivity contribution in [2.75, 3.05) is 18.0 Å². The Morgan fingerprint density at radius 2 is 1.72 bits per heavy atom. The normalized spacial score (nSPS) is 16.5. The Bertz CT molecular complexity index is 756. The molecular weight excluding hydrogens is 325 g/mol. The first-order chi connectivity index (χ1) is 12.1. The highest BCUT2D eigenvalue weighted by Crippen LogP contribution is 2.24. The number of rotatable bonds is 4. The standard InChI is InChI=1S/C18H18FN3O3/c19-14-5-1-13(2-6-14)18(24)22(16-9-10-20-11-16)15-7-3-12(4-8-15)17(23)21-25/h1-8,16,20,25H,9-11H2,(H,21,23). The zero-order valence-corrected chi connectivity index (χ0v) is 13.4. The van der Waals surface area contributed by atoms with Gasteiger partial charge in [0, 0.05) is 23.4 Å². The van der Waals surface area contributed by atoms with E-state index in [-0.39, 0.29) is 17.5 Å². The van der Waals surface area contributed by atoms with Gasteiger partial charge in [-0.3, -0.25) is 14.8 Å². The second-order valence-corrected chi connectivity index (χ2v) is 5.82. The molecule has 2 amide bonds. The largest absolute Gasteiger partial charge is 0.315 e. The van der Waals surface area contributed by atoms with Crippen molar-refractivity contribution in [2.24, 2.45) is 0 Å². The number of benzene rings is 2. The number of carbonyl (C=O) groups excluding carboxylic acids is 2. The predicted octanol–water partition coefficient (Wildman–Crippen LogP) is 1.95. The average molecular weight is 343 g/mol. The lowest BCUT2D eigenvalue weighted by molar-refractivity contribution is 0.0706. The van der Waals surface area contributed by atoms with Crippen LogP contribution in [0.2, 0.25) is 0 Å². The third kappa shape index (κ3) is 3.67. The number of hydrogen-bond donors (Lipinski definition) is 3. The van der Waals surface area contributed by atoms with Crippen LogP contribution in [-0.2, 0) is 0 Å². The maximum atomic E-state index is 13.1. The van der Waals surface area contributed by atoms with E-state index in [4.69, 9.17) is 5.21 Å². The molecule has 2 aromatic rings. The van der Waals surface area contributed by atoms with Crippen molar-refractivity contribution in [1.82, 2.24) is 10.8 Å². The molecule has 1 aliphatic rings. The lowest BCUT2D eigenvalue weighted by Gasteiger charge is -2.29. The topological polar surface area (TPSA) is 81.7 Å². The van der Waals surface area contributed by atoms with Crippen molar-refractivity contribution in [3.05, 3.63) is 65.5 Å². The molecule has 0 saturated carbocycles. The predicted molar refractivity (Wildman–Crippen MR) is 90.2 cm³/mol. The van der Waals surface area contributed by atoms with Gasteiger partial charge in [0.25, 0.3) is 11.8 Å². The minimum absolute atomic E-state index is 0.0323. The molecule has 1 aliphatic heterocycles. The fourth-order valence-electron chi connectivity index (χ4n) is 2.92. The third-order valence-corrected chi connectivity index (χ3v) is 4.22. The van der Waals surface area contributed by atoms with E-state index < -0.39 is 11.7 Å². The first-order valence-electron chi connectivity index (χ1n) is 7.94. The molecule has 7 heteroatoms. The molecule has 3 N–H and O–H groups in total. The van der Waals surface area contributed by atoms with E-state index in [1.165, 1.54) is 36.4 Å². The smallest absolute Gasteiger partial charge is 0.274 e. The zero-order chi connectivity index (χ0) is 17.8. The number of nitrogens with zero attached hydrogens (tertiary/aromatic N) is 1. The van der Waals surface area contributed by atoms with Gasteiger partial charge < -0.3 is 10.2 Å². The van der Waals surface area contributed by atoms with Gasteiger partial charge >= 0.3 is 0 Å². The Morgan fingerprint density at radius 1 is 1.08 bits per heavy atom. The summed E-state index contributed by atoms with van der Waals surface area (Å²) in [7, 11) is 0. The summed E-state index contributed by atoms with van der Waals surface area (Å²) < 4.78 is 13.1. The Morgan fingerprint density at radius 3 is 2.28 bits per heavy atom. The summed E-state index contributed by atoms with van der Waals surface area (Å²) in [5.41, 5.74) is 2.89. The Labute approximate surface area is 144 Å². The minimum atomic E-state index is -0.620. The van der Waals surface area contributed by atoms with Crippen molar-refractivity contribution >= 4 is 17.5 Å². The molecule has 0 bridgehead atoms. The number of halogens is 1. The molecule has 1 saturated heterocycles. The van der Waals surface area contributed by atoms with Crippen LogP contribution >= 0.6 is 0 Å². The molecule has 130 valence electrons. The van der Waals surface area contributed by atoms with Crippen LogP contribution in [0.5, 0.6) is 0 Å². The molecule has 25 heavy (non-hydrogen) atoms. The molecule has 0 aromatic heterocycles. The summed E-state index contributed by atoms with van der Waals surface area (Å²) in [6.07, 6.45) is 0.797. The second kappa shape index (κ2) is 7.42. The van der Waals surface area contributed by atoms with Gasteiger partial charge in [-0.25, -0.2) is 9.87 Å². The minimum Gasteiger partial charge on any atom is -0.315 e. The number of carbonyl (C=O) groups is 2. The third-order valence-electron chi connectivity index (χ3n) is 4.22. The maximum Gasteiger partial charge on any atom is 0.274 e. The van der Waals surface area contributed by atoms with Crippen LogP contribution < -0.4 is 15.7 Å². The fourth-order valence-corrected chi connectivity index (χ4v) is 2.92. The van der Waals surface area contributed by atoms with Crippen LogP contribution in [0.15, 0.2) is 48.5 Å². The molecule has 0 aliphatic carbocycles. The van der Waals surface area contributed by atoms with E-state index in [0.717, 1.165) is 13.0 Å². The molecule has 1 heterocycles. The Balaban J connectivity index is 1.93. The number of nitrogens with one attached hydrogen (secondary N) is 2. The molecule has 1 fully saturated rings. The summed E-state index contributed by atoms with van der Waals surface area (Å²) in [5, 5.41) is 11.9. The lowest BCUT2D eigenvalue weighted by Crippen LogP contribution is -2.41. The SMILES string of the molecule is O=C(NO)c1ccc(N(C(=O)c2ccc(F)cc2)C2CCNC2)cc1. The van der Waals surface area contributed by atoms with Crippen LogP contribution in [0.4, 0.5) is 10.1 Å². The quantitative estimate of drug-likeness (QED) is 0.585. The van der Waals surface area contributed by atoms with Crippen LogP contribution in [-0.4, -0.2) is 36.2 Å². The maximum absolute atomic E-state index is 13.1. The Kier molecular flexibility index (Phi) is 5.06. The average Bonchev–Trinajstić information content (AvgIpc) is 3.16. The first kappa shape index (κ1) is 17.1. The molecule has 2 aromatic carbocycles. The lowest BCUT2D eigenvalue weighted by atomic mass is 10.1. The van der Waals surface area contributed by atoms with Crippen LogP contribution in [0.1, 0.15) is 27.1 Å². The molecular formula is C18H18FN3O3. The molecule has 0 radical (unpaired) electrons. The van der Waals surface area contributed by atoms with Gasteiger partial charge in [0.2, 0.25) is 0 Å². The monoisotopic (exact) mass is 343 g/mol. The van der Waals surface area contributed by atoms with Crippen LogP contribution in [0, 0.1) is 5.82 Å². The van der Waals surface area contributed by atoms with Crippen LogP contribution in [0.25, 0.3) is 0 Å². The second-order valence-electron chi connectivity index (χ2n) is 5.82. The van der Waals surface area contributed by atoms with Gasteiger partial charge in [-0.05, 0) is 61.5 Å². The van der Waals surface area contributed by atoms with Crippen molar-refractivity contribution in [3.63, 3.8) is 0 Å². The van der Waals surface area contributed by atoms with Crippen molar-refractivity contribution in [3.8, 4) is 0 Å². The van der Waals surface area contributed by atoms with Crippen molar-refractivity contribution in [2.45, 2.75) is 12.5 Å². The van der Waals surface area contributed by atoms with Gasteiger partial charge in [0.05, 0.1) is 6.04 Å². The summed E-state index contributed by atoms with van der Waals surface area (Å²) in [5.74, 6) is -1.25. The molecule has 0 spiro atoms. The van der Waals surface area contributed by atoms with Gasteiger partial charge in [0.15, 0.2) is 0 Å². The fraction of sp³-hybridized carbons (Fsp3) is 0.222. The van der Waals surface area contributed by atoms with E-state index >= 15 is 0 Å². The highest BCUT2D eigenvalue weighted by molar-refractivity contribution is 6.06. The zero-order valence-electron chi connectivity index (χ0n) is 13.4. The van der Waals surface area contributed by atoms with Crippen molar-refractivity contribution in [1.29, 1.82) is 0 Å². The highest BCUT2D eigenvalue weighted by atomic mass is 19.1. The van der Waals surface area contributed by atoms with Gasteiger partial charge in [-0.15, -0.1) is 0 Å². The number of amides is 2. The van der Waals surface area contributed by atoms with E-state index in [1.807, 2.05) is 0 Å². The van der Waals surface area contributed by atoms with Gasteiger partial charge in [0.1, 0.15) is 5.82 Å². The first-order valence-corrected chi connectivity index (χ1v) is 7.94. The van der Waals surface area contributed by atoms with Gasteiger partial charge in [-0.2, -0.15) is 0 Å². The summed E-state index contributed by atoms with van der Waals surface area (Å²) in [6, 6.07) is 11.8. The molecule has 3 rings (SSSR count). The van der Waals surface area contributed by atoms with E-state index in [9.17, 15) is 14.0 Å². The van der Waals surface area contributed by atoms with E-state index in [0.29, 0.717) is 17.8 Å². The summed E-state index contributed by atoms with van der Waals surface area (Å²) in [6.45, 7) is 1.47. The summed E-state index contributed by atoms with van der Waals surface area (Å²) in [4.78, 5) is 26.1. The van der Waals surface area contributed by atoms with Crippen molar-refractivity contribution < 1.29 is 19.2 Å². The van der Waals surface area contributed by atoms with Crippen LogP contribution in [0.3, 0.4) is 0 Å². The Hall–Kier alpha value is -2.77.